The van der Waals surface area contributed by atoms with Crippen LogP contribution >= 0.6 is 15.9 Å². The predicted octanol–water partition coefficient (Wildman–Crippen LogP) is 2.88. The maximum Gasteiger partial charge on any atom is 0.181 e. The highest BCUT2D eigenvalue weighted by Gasteiger charge is 2.12. The van der Waals surface area contributed by atoms with Gasteiger partial charge in [0.1, 0.15) is 6.07 Å². The molecule has 0 amide bonds. The molecule has 15 heavy (non-hydrogen) atoms. The van der Waals surface area contributed by atoms with Crippen LogP contribution in [0.4, 0.5) is 0 Å². The summed E-state index contributed by atoms with van der Waals surface area (Å²) >= 11 is 3.37. The summed E-state index contributed by atoms with van der Waals surface area (Å²) in [6, 6.07) is 7.65. The highest BCUT2D eigenvalue weighted by atomic mass is 79.9. The van der Waals surface area contributed by atoms with Gasteiger partial charge in [0.25, 0.3) is 0 Å². The predicted molar refractivity (Wildman–Crippen MR) is 61.3 cm³/mol. The number of rotatable bonds is 4. The molecule has 0 aromatic heterocycles. The van der Waals surface area contributed by atoms with Crippen molar-refractivity contribution in [2.45, 2.75) is 18.4 Å². The number of halogens is 1. The molecule has 0 spiro atoms. The minimum absolute atomic E-state index is 0.487. The maximum absolute atomic E-state index is 8.70. The Morgan fingerprint density at radius 2 is 2.27 bits per heavy atom. The topological polar surface area (TPSA) is 42.2 Å². The zero-order valence-corrected chi connectivity index (χ0v) is 10.2. The van der Waals surface area contributed by atoms with E-state index < -0.39 is 6.10 Å². The van der Waals surface area contributed by atoms with Gasteiger partial charge in [-0.3, -0.25) is 0 Å². The Balaban J connectivity index is 3.06. The van der Waals surface area contributed by atoms with Crippen molar-refractivity contribution in [3.63, 3.8) is 0 Å². The summed E-state index contributed by atoms with van der Waals surface area (Å²) in [5.74, 6) is 1.28. The van der Waals surface area contributed by atoms with E-state index in [0.717, 1.165) is 5.56 Å². The summed E-state index contributed by atoms with van der Waals surface area (Å²) in [5, 5.41) is 9.36. The number of para-hydroxylation sites is 1. The summed E-state index contributed by atoms with van der Waals surface area (Å²) in [6.07, 6.45) is -0.487. The first-order valence-corrected chi connectivity index (χ1v) is 5.63. The van der Waals surface area contributed by atoms with Gasteiger partial charge < -0.3 is 9.47 Å². The van der Waals surface area contributed by atoms with E-state index in [1.54, 1.807) is 14.0 Å². The third-order valence-electron chi connectivity index (χ3n) is 1.90. The van der Waals surface area contributed by atoms with Crippen LogP contribution in [0.1, 0.15) is 12.5 Å². The van der Waals surface area contributed by atoms with E-state index in [9.17, 15) is 0 Å². The molecule has 0 aliphatic rings. The van der Waals surface area contributed by atoms with Crippen LogP contribution in [0.2, 0.25) is 0 Å². The van der Waals surface area contributed by atoms with Crippen LogP contribution in [-0.4, -0.2) is 13.2 Å². The van der Waals surface area contributed by atoms with E-state index in [4.69, 9.17) is 14.7 Å². The van der Waals surface area contributed by atoms with Crippen LogP contribution in [0.25, 0.3) is 0 Å². The molecule has 1 atom stereocenters. The summed E-state index contributed by atoms with van der Waals surface area (Å²) in [6.45, 7) is 1.70. The molecule has 4 heteroatoms. The quantitative estimate of drug-likeness (QED) is 0.790. The van der Waals surface area contributed by atoms with Gasteiger partial charge in [0, 0.05) is 10.9 Å². The third kappa shape index (κ3) is 2.87. The molecule has 80 valence electrons. The zero-order chi connectivity index (χ0) is 11.3. The molecule has 1 rings (SSSR count). The molecule has 0 aliphatic carbocycles. The van der Waals surface area contributed by atoms with Crippen LogP contribution < -0.4 is 9.47 Å². The van der Waals surface area contributed by atoms with E-state index in [-0.39, 0.29) is 0 Å². The van der Waals surface area contributed by atoms with Gasteiger partial charge in [-0.05, 0) is 13.0 Å². The van der Waals surface area contributed by atoms with E-state index in [2.05, 4.69) is 15.9 Å². The fourth-order valence-corrected chi connectivity index (χ4v) is 1.61. The van der Waals surface area contributed by atoms with Crippen LogP contribution in [-0.2, 0) is 5.33 Å². The van der Waals surface area contributed by atoms with Crippen molar-refractivity contribution >= 4 is 15.9 Å². The average molecular weight is 270 g/mol. The van der Waals surface area contributed by atoms with Gasteiger partial charge in [0.05, 0.1) is 7.11 Å². The van der Waals surface area contributed by atoms with E-state index >= 15 is 0 Å². The summed E-state index contributed by atoms with van der Waals surface area (Å²) in [4.78, 5) is 0. The number of nitrogens with zero attached hydrogens (tertiary/aromatic N) is 1. The smallest absolute Gasteiger partial charge is 0.181 e. The van der Waals surface area contributed by atoms with E-state index in [1.807, 2.05) is 24.3 Å². The number of hydrogen-bond donors (Lipinski definition) is 0. The van der Waals surface area contributed by atoms with Crippen molar-refractivity contribution in [3.05, 3.63) is 23.8 Å². The summed E-state index contributed by atoms with van der Waals surface area (Å²) < 4.78 is 10.7. The van der Waals surface area contributed by atoms with E-state index in [1.165, 1.54) is 0 Å². The molecule has 1 aromatic rings. The second kappa shape index (κ2) is 5.62. The molecule has 0 fully saturated rings. The number of methoxy groups -OCH3 is 1. The van der Waals surface area contributed by atoms with Crippen molar-refractivity contribution in [2.75, 3.05) is 7.11 Å². The molecule has 0 N–H and O–H groups in total. The zero-order valence-electron chi connectivity index (χ0n) is 8.66. The van der Waals surface area contributed by atoms with E-state index in [0.29, 0.717) is 16.8 Å². The largest absolute Gasteiger partial charge is 0.493 e. The van der Waals surface area contributed by atoms with Crippen LogP contribution in [0, 0.1) is 11.3 Å². The molecule has 0 aliphatic heterocycles. The molecule has 3 nitrogen and oxygen atoms in total. The fourth-order valence-electron chi connectivity index (χ4n) is 1.16. The normalized spacial score (nSPS) is 11.6. The standard InChI is InChI=1S/C11H12BrNO2/c1-8(7-13)15-11-9(6-12)4-3-5-10(11)14-2/h3-5,8H,6H2,1-2H3. The SMILES string of the molecule is COc1cccc(CBr)c1OC(C)C#N. The highest BCUT2D eigenvalue weighted by Crippen LogP contribution is 2.33. The Kier molecular flexibility index (Phi) is 4.44. The Morgan fingerprint density at radius 3 is 2.80 bits per heavy atom. The first kappa shape index (κ1) is 11.9. The van der Waals surface area contributed by atoms with Crippen LogP contribution in [0.3, 0.4) is 0 Å². The lowest BCUT2D eigenvalue weighted by molar-refractivity contribution is 0.258. The van der Waals surface area contributed by atoms with Gasteiger partial charge in [-0.2, -0.15) is 5.26 Å². The van der Waals surface area contributed by atoms with Crippen molar-refractivity contribution in [1.82, 2.24) is 0 Å². The maximum atomic E-state index is 8.70. The molecule has 1 aromatic carbocycles. The van der Waals surface area contributed by atoms with Crippen LogP contribution in [0.5, 0.6) is 11.5 Å². The van der Waals surface area contributed by atoms with Crippen molar-refractivity contribution in [2.24, 2.45) is 0 Å². The van der Waals surface area contributed by atoms with Gasteiger partial charge in [-0.15, -0.1) is 0 Å². The molecule has 0 heterocycles. The molecular weight excluding hydrogens is 258 g/mol. The number of hydrogen-bond acceptors (Lipinski definition) is 3. The van der Waals surface area contributed by atoms with Crippen molar-refractivity contribution in [3.8, 4) is 17.6 Å². The molecule has 0 bridgehead atoms. The van der Waals surface area contributed by atoms with Gasteiger partial charge >= 0.3 is 0 Å². The summed E-state index contributed by atoms with van der Waals surface area (Å²) in [5.41, 5.74) is 0.969. The monoisotopic (exact) mass is 269 g/mol. The molecular formula is C11H12BrNO2. The third-order valence-corrected chi connectivity index (χ3v) is 2.50. The minimum Gasteiger partial charge on any atom is -0.493 e. The van der Waals surface area contributed by atoms with Crippen LogP contribution in [0.15, 0.2) is 18.2 Å². The Bertz CT molecular complexity index is 351. The second-order valence-corrected chi connectivity index (χ2v) is 3.53. The Morgan fingerprint density at radius 1 is 1.53 bits per heavy atom. The van der Waals surface area contributed by atoms with Gasteiger partial charge in [0.2, 0.25) is 0 Å². The number of ether oxygens (including phenoxy) is 2. The first-order valence-electron chi connectivity index (χ1n) is 4.51. The number of alkyl halides is 1. The van der Waals surface area contributed by atoms with Gasteiger partial charge in [-0.1, -0.05) is 28.1 Å². The summed E-state index contributed by atoms with van der Waals surface area (Å²) in [7, 11) is 1.58. The lowest BCUT2D eigenvalue weighted by Crippen LogP contribution is -2.10. The molecule has 1 unspecified atom stereocenters. The average Bonchev–Trinajstić information content (AvgIpc) is 2.29. The minimum atomic E-state index is -0.487. The highest BCUT2D eigenvalue weighted by molar-refractivity contribution is 9.08. The number of benzene rings is 1. The molecule has 0 radical (unpaired) electrons. The Hall–Kier alpha value is -1.21. The van der Waals surface area contributed by atoms with Gasteiger partial charge in [0.15, 0.2) is 17.6 Å². The Labute approximate surface area is 97.7 Å². The van der Waals surface area contributed by atoms with Gasteiger partial charge in [-0.25, -0.2) is 0 Å². The number of nitriles is 1. The molecule has 0 saturated heterocycles. The first-order chi connectivity index (χ1) is 7.22. The lowest BCUT2D eigenvalue weighted by atomic mass is 10.2. The lowest BCUT2D eigenvalue weighted by Gasteiger charge is -2.14. The molecule has 0 saturated carbocycles. The van der Waals surface area contributed by atoms with Crippen molar-refractivity contribution < 1.29 is 9.47 Å². The van der Waals surface area contributed by atoms with Crippen molar-refractivity contribution in [1.29, 1.82) is 5.26 Å². The fraction of sp³-hybridized carbons (Fsp3) is 0.364. The second-order valence-electron chi connectivity index (χ2n) is 2.97.